The Bertz CT molecular complexity index is 792. The third-order valence-electron chi connectivity index (χ3n) is 3.82. The Morgan fingerprint density at radius 1 is 1.08 bits per heavy atom. The van der Waals surface area contributed by atoms with Crippen LogP contribution in [0, 0.1) is 19.7 Å². The molecule has 0 fully saturated rings. The molecule has 0 aromatic heterocycles. The highest BCUT2D eigenvalue weighted by molar-refractivity contribution is 5.94. The van der Waals surface area contributed by atoms with Crippen molar-refractivity contribution in [3.8, 4) is 5.75 Å². The maximum absolute atomic E-state index is 13.5. The molecule has 0 aliphatic rings. The Kier molecular flexibility index (Phi) is 6.72. The Morgan fingerprint density at radius 2 is 1.81 bits per heavy atom. The molecule has 0 spiro atoms. The lowest BCUT2D eigenvalue weighted by Crippen LogP contribution is -2.40. The highest BCUT2D eigenvalue weighted by Gasteiger charge is 2.14. The molecule has 5 nitrogen and oxygen atoms in total. The first-order valence-electron chi connectivity index (χ1n) is 8.42. The molecule has 0 saturated heterocycles. The standard InChI is InChI=1S/C20H23FN2O3/c1-13-5-4-6-17(11-13)26-15(3)19(24)22-9-10-23-20(25)16-8-7-14(2)18(21)12-16/h4-8,11-12,15H,9-10H2,1-3H3,(H,22,24)(H,23,25). The Balaban J connectivity index is 1.73. The third kappa shape index (κ3) is 5.58. The van der Waals surface area contributed by atoms with E-state index in [1.165, 1.54) is 6.07 Å². The summed E-state index contributed by atoms with van der Waals surface area (Å²) in [4.78, 5) is 24.0. The van der Waals surface area contributed by atoms with Gasteiger partial charge in [0, 0.05) is 18.7 Å². The average molecular weight is 358 g/mol. The molecule has 2 aromatic carbocycles. The van der Waals surface area contributed by atoms with E-state index in [1.54, 1.807) is 32.0 Å². The molecule has 1 atom stereocenters. The van der Waals surface area contributed by atoms with Crippen molar-refractivity contribution in [1.29, 1.82) is 0 Å². The van der Waals surface area contributed by atoms with E-state index in [4.69, 9.17) is 4.74 Å². The van der Waals surface area contributed by atoms with E-state index in [0.29, 0.717) is 11.3 Å². The molecular formula is C20H23FN2O3. The zero-order valence-electron chi connectivity index (χ0n) is 15.1. The van der Waals surface area contributed by atoms with E-state index in [9.17, 15) is 14.0 Å². The van der Waals surface area contributed by atoms with Gasteiger partial charge in [0.05, 0.1) is 0 Å². The van der Waals surface area contributed by atoms with Gasteiger partial charge in [0.1, 0.15) is 11.6 Å². The van der Waals surface area contributed by atoms with Crippen LogP contribution >= 0.6 is 0 Å². The number of aryl methyl sites for hydroxylation is 2. The van der Waals surface area contributed by atoms with Gasteiger partial charge in [0.25, 0.3) is 11.8 Å². The van der Waals surface area contributed by atoms with Gasteiger partial charge in [-0.25, -0.2) is 4.39 Å². The van der Waals surface area contributed by atoms with Crippen molar-refractivity contribution in [2.75, 3.05) is 13.1 Å². The molecule has 0 bridgehead atoms. The number of ether oxygens (including phenoxy) is 1. The summed E-state index contributed by atoms with van der Waals surface area (Å²) in [5.41, 5.74) is 1.78. The summed E-state index contributed by atoms with van der Waals surface area (Å²) in [5.74, 6) is -0.459. The predicted octanol–water partition coefficient (Wildman–Crippen LogP) is 2.76. The maximum Gasteiger partial charge on any atom is 0.260 e. The summed E-state index contributed by atoms with van der Waals surface area (Å²) in [7, 11) is 0. The van der Waals surface area contributed by atoms with Crippen molar-refractivity contribution in [3.05, 3.63) is 65.0 Å². The molecule has 0 aliphatic heterocycles. The van der Waals surface area contributed by atoms with Gasteiger partial charge in [-0.3, -0.25) is 9.59 Å². The molecule has 2 amide bonds. The lowest BCUT2D eigenvalue weighted by atomic mass is 10.1. The van der Waals surface area contributed by atoms with Gasteiger partial charge in [-0.15, -0.1) is 0 Å². The number of hydrogen-bond donors (Lipinski definition) is 2. The Morgan fingerprint density at radius 3 is 2.50 bits per heavy atom. The minimum Gasteiger partial charge on any atom is -0.481 e. The number of hydrogen-bond acceptors (Lipinski definition) is 3. The molecule has 2 rings (SSSR count). The number of rotatable bonds is 7. The SMILES string of the molecule is Cc1cccc(OC(C)C(=O)NCCNC(=O)c2ccc(C)c(F)c2)c1. The number of nitrogens with one attached hydrogen (secondary N) is 2. The molecule has 0 heterocycles. The number of benzene rings is 2. The summed E-state index contributed by atoms with van der Waals surface area (Å²) >= 11 is 0. The van der Waals surface area contributed by atoms with E-state index in [2.05, 4.69) is 10.6 Å². The lowest BCUT2D eigenvalue weighted by Gasteiger charge is -2.15. The van der Waals surface area contributed by atoms with Crippen LogP contribution in [-0.2, 0) is 4.79 Å². The molecule has 0 saturated carbocycles. The van der Waals surface area contributed by atoms with E-state index in [-0.39, 0.29) is 30.5 Å². The topological polar surface area (TPSA) is 67.4 Å². The molecule has 0 aliphatic carbocycles. The van der Waals surface area contributed by atoms with Crippen LogP contribution in [-0.4, -0.2) is 31.0 Å². The highest BCUT2D eigenvalue weighted by atomic mass is 19.1. The van der Waals surface area contributed by atoms with Crippen LogP contribution in [0.1, 0.15) is 28.4 Å². The van der Waals surface area contributed by atoms with Crippen LogP contribution in [0.3, 0.4) is 0 Å². The Hall–Kier alpha value is -2.89. The predicted molar refractivity (Wildman–Crippen MR) is 97.7 cm³/mol. The van der Waals surface area contributed by atoms with Crippen molar-refractivity contribution in [2.45, 2.75) is 26.9 Å². The minimum absolute atomic E-state index is 0.233. The van der Waals surface area contributed by atoms with Crippen molar-refractivity contribution < 1.29 is 18.7 Å². The molecule has 1 unspecified atom stereocenters. The van der Waals surface area contributed by atoms with E-state index >= 15 is 0 Å². The molecule has 26 heavy (non-hydrogen) atoms. The van der Waals surface area contributed by atoms with E-state index in [1.807, 2.05) is 25.1 Å². The van der Waals surface area contributed by atoms with Crippen LogP contribution in [0.15, 0.2) is 42.5 Å². The minimum atomic E-state index is -0.654. The van der Waals surface area contributed by atoms with Crippen LogP contribution in [0.25, 0.3) is 0 Å². The van der Waals surface area contributed by atoms with Crippen LogP contribution in [0.4, 0.5) is 4.39 Å². The number of carbonyl (C=O) groups is 2. The van der Waals surface area contributed by atoms with E-state index in [0.717, 1.165) is 5.56 Å². The smallest absolute Gasteiger partial charge is 0.260 e. The second-order valence-electron chi connectivity index (χ2n) is 6.09. The highest BCUT2D eigenvalue weighted by Crippen LogP contribution is 2.14. The molecule has 2 N–H and O–H groups in total. The van der Waals surface area contributed by atoms with Gasteiger partial charge in [-0.1, -0.05) is 18.2 Å². The van der Waals surface area contributed by atoms with Crippen LogP contribution in [0.2, 0.25) is 0 Å². The zero-order valence-corrected chi connectivity index (χ0v) is 15.1. The fourth-order valence-corrected chi connectivity index (χ4v) is 2.29. The normalized spacial score (nSPS) is 11.5. The second-order valence-corrected chi connectivity index (χ2v) is 6.09. The lowest BCUT2D eigenvalue weighted by molar-refractivity contribution is -0.127. The monoisotopic (exact) mass is 358 g/mol. The summed E-state index contributed by atoms with van der Waals surface area (Å²) < 4.78 is 19.1. The second kappa shape index (κ2) is 8.99. The van der Waals surface area contributed by atoms with Crippen LogP contribution in [0.5, 0.6) is 5.75 Å². The van der Waals surface area contributed by atoms with Gasteiger partial charge in [0.2, 0.25) is 0 Å². The van der Waals surface area contributed by atoms with Gasteiger partial charge >= 0.3 is 0 Å². The molecule has 2 aromatic rings. The fraction of sp³-hybridized carbons (Fsp3) is 0.300. The summed E-state index contributed by atoms with van der Waals surface area (Å²) in [6.07, 6.45) is -0.654. The van der Waals surface area contributed by atoms with Crippen molar-refractivity contribution >= 4 is 11.8 Å². The number of carbonyl (C=O) groups excluding carboxylic acids is 2. The Labute approximate surface area is 152 Å². The third-order valence-corrected chi connectivity index (χ3v) is 3.82. The number of amides is 2. The van der Waals surface area contributed by atoms with Crippen molar-refractivity contribution in [3.63, 3.8) is 0 Å². The first kappa shape index (κ1) is 19.4. The molecule has 138 valence electrons. The van der Waals surface area contributed by atoms with Gasteiger partial charge in [-0.2, -0.15) is 0 Å². The quantitative estimate of drug-likeness (QED) is 0.748. The van der Waals surface area contributed by atoms with Crippen LogP contribution < -0.4 is 15.4 Å². The van der Waals surface area contributed by atoms with Gasteiger partial charge in [-0.05, 0) is 56.2 Å². The molecule has 6 heteroatoms. The van der Waals surface area contributed by atoms with Gasteiger partial charge < -0.3 is 15.4 Å². The number of halogens is 1. The first-order valence-corrected chi connectivity index (χ1v) is 8.42. The van der Waals surface area contributed by atoms with Gasteiger partial charge in [0.15, 0.2) is 6.10 Å². The molecular weight excluding hydrogens is 335 g/mol. The average Bonchev–Trinajstić information content (AvgIpc) is 2.60. The largest absolute Gasteiger partial charge is 0.481 e. The summed E-state index contributed by atoms with van der Waals surface area (Å²) in [5, 5.41) is 5.33. The van der Waals surface area contributed by atoms with Crippen molar-refractivity contribution in [2.24, 2.45) is 0 Å². The van der Waals surface area contributed by atoms with E-state index < -0.39 is 11.9 Å². The van der Waals surface area contributed by atoms with Crippen molar-refractivity contribution in [1.82, 2.24) is 10.6 Å². The fourth-order valence-electron chi connectivity index (χ4n) is 2.29. The first-order chi connectivity index (χ1) is 12.4. The summed E-state index contributed by atoms with van der Waals surface area (Å²) in [6, 6.07) is 11.8. The summed E-state index contributed by atoms with van der Waals surface area (Å²) in [6.45, 7) is 5.72. The molecule has 0 radical (unpaired) electrons. The zero-order chi connectivity index (χ0) is 19.1. The maximum atomic E-state index is 13.5.